The molecular weight excluding hydrogens is 172 g/mol. The molecule has 86 valence electrons. The van der Waals surface area contributed by atoms with Gasteiger partial charge in [0.15, 0.2) is 0 Å². The number of rotatable bonds is 6. The molecule has 0 rings (SSSR count). The van der Waals surface area contributed by atoms with Crippen LogP contribution in [0.15, 0.2) is 0 Å². The number of hydrogen-bond acceptors (Lipinski definition) is 2. The van der Waals surface area contributed by atoms with E-state index in [2.05, 4.69) is 58.8 Å². The lowest BCUT2D eigenvalue weighted by Gasteiger charge is -2.33. The molecule has 0 heterocycles. The fourth-order valence-electron chi connectivity index (χ4n) is 1.39. The van der Waals surface area contributed by atoms with Crippen molar-refractivity contribution < 1.29 is 0 Å². The van der Waals surface area contributed by atoms with E-state index in [1.807, 2.05) is 0 Å². The summed E-state index contributed by atoms with van der Waals surface area (Å²) >= 11 is 0. The average Bonchev–Trinajstić information content (AvgIpc) is 2.00. The SMILES string of the molecule is CC(C)NCC(C)(C)CN(C)C(C)C. The Bertz CT molecular complexity index is 150. The van der Waals surface area contributed by atoms with E-state index in [-0.39, 0.29) is 0 Å². The number of nitrogens with one attached hydrogen (secondary N) is 1. The summed E-state index contributed by atoms with van der Waals surface area (Å²) in [6.45, 7) is 15.7. The molecule has 0 radical (unpaired) electrons. The van der Waals surface area contributed by atoms with Crippen molar-refractivity contribution in [3.05, 3.63) is 0 Å². The van der Waals surface area contributed by atoms with Crippen LogP contribution in [0.4, 0.5) is 0 Å². The molecular formula is C12H28N2. The van der Waals surface area contributed by atoms with Crippen LogP contribution >= 0.6 is 0 Å². The highest BCUT2D eigenvalue weighted by Gasteiger charge is 2.21. The van der Waals surface area contributed by atoms with Crippen molar-refractivity contribution in [3.8, 4) is 0 Å². The first-order chi connectivity index (χ1) is 6.24. The van der Waals surface area contributed by atoms with Crippen LogP contribution in [0.25, 0.3) is 0 Å². The van der Waals surface area contributed by atoms with Crippen molar-refractivity contribution >= 4 is 0 Å². The minimum atomic E-state index is 0.350. The summed E-state index contributed by atoms with van der Waals surface area (Å²) in [5.74, 6) is 0. The third-order valence-electron chi connectivity index (χ3n) is 2.55. The van der Waals surface area contributed by atoms with Gasteiger partial charge in [-0.05, 0) is 26.3 Å². The van der Waals surface area contributed by atoms with Gasteiger partial charge in [0.05, 0.1) is 0 Å². The lowest BCUT2D eigenvalue weighted by molar-refractivity contribution is 0.171. The van der Waals surface area contributed by atoms with Gasteiger partial charge in [0.1, 0.15) is 0 Å². The molecule has 0 aromatic rings. The van der Waals surface area contributed by atoms with Crippen molar-refractivity contribution in [3.63, 3.8) is 0 Å². The van der Waals surface area contributed by atoms with Crippen molar-refractivity contribution in [2.24, 2.45) is 5.41 Å². The fourth-order valence-corrected chi connectivity index (χ4v) is 1.39. The van der Waals surface area contributed by atoms with Crippen molar-refractivity contribution in [1.29, 1.82) is 0 Å². The van der Waals surface area contributed by atoms with Crippen molar-refractivity contribution in [2.45, 2.75) is 53.6 Å². The molecule has 2 heteroatoms. The molecule has 0 aromatic carbocycles. The van der Waals surface area contributed by atoms with Gasteiger partial charge in [0.2, 0.25) is 0 Å². The summed E-state index contributed by atoms with van der Waals surface area (Å²) in [6, 6.07) is 1.21. The molecule has 14 heavy (non-hydrogen) atoms. The van der Waals surface area contributed by atoms with E-state index in [0.717, 1.165) is 13.1 Å². The van der Waals surface area contributed by atoms with Crippen LogP contribution in [0, 0.1) is 5.41 Å². The molecule has 0 saturated heterocycles. The molecule has 0 saturated carbocycles. The van der Waals surface area contributed by atoms with E-state index in [9.17, 15) is 0 Å². The minimum Gasteiger partial charge on any atom is -0.314 e. The van der Waals surface area contributed by atoms with Crippen molar-refractivity contribution in [2.75, 3.05) is 20.1 Å². The Hall–Kier alpha value is -0.0800. The third-order valence-corrected chi connectivity index (χ3v) is 2.55. The molecule has 0 aliphatic heterocycles. The molecule has 0 amide bonds. The number of nitrogens with zero attached hydrogens (tertiary/aromatic N) is 1. The van der Waals surface area contributed by atoms with Crippen LogP contribution in [-0.4, -0.2) is 37.1 Å². The lowest BCUT2D eigenvalue weighted by atomic mass is 9.92. The molecule has 0 spiro atoms. The molecule has 0 atom stereocenters. The maximum absolute atomic E-state index is 3.50. The Morgan fingerprint density at radius 1 is 1.14 bits per heavy atom. The molecule has 0 aliphatic carbocycles. The Labute approximate surface area is 90.1 Å². The highest BCUT2D eigenvalue weighted by molar-refractivity contribution is 4.77. The summed E-state index contributed by atoms with van der Waals surface area (Å²) in [6.07, 6.45) is 0. The van der Waals surface area contributed by atoms with E-state index in [0.29, 0.717) is 17.5 Å². The van der Waals surface area contributed by atoms with Gasteiger partial charge in [-0.1, -0.05) is 27.7 Å². The zero-order valence-electron chi connectivity index (χ0n) is 11.0. The van der Waals surface area contributed by atoms with E-state index in [1.54, 1.807) is 0 Å². The molecule has 0 aromatic heterocycles. The van der Waals surface area contributed by atoms with Gasteiger partial charge in [0.25, 0.3) is 0 Å². The van der Waals surface area contributed by atoms with Gasteiger partial charge in [-0.15, -0.1) is 0 Å². The topological polar surface area (TPSA) is 15.3 Å². The Kier molecular flexibility index (Phi) is 5.68. The van der Waals surface area contributed by atoms with Crippen LogP contribution in [0.3, 0.4) is 0 Å². The minimum absolute atomic E-state index is 0.350. The van der Waals surface area contributed by atoms with Crippen LogP contribution in [0.5, 0.6) is 0 Å². The lowest BCUT2D eigenvalue weighted by Crippen LogP contribution is -2.42. The maximum atomic E-state index is 3.50. The normalized spacial score (nSPS) is 13.3. The zero-order chi connectivity index (χ0) is 11.4. The molecule has 0 fully saturated rings. The Balaban J connectivity index is 3.93. The standard InChI is InChI=1S/C12H28N2/c1-10(2)13-8-12(5,6)9-14(7)11(3)4/h10-11,13H,8-9H2,1-7H3. The monoisotopic (exact) mass is 200 g/mol. The third kappa shape index (κ3) is 6.39. The van der Waals surface area contributed by atoms with E-state index in [1.165, 1.54) is 0 Å². The second-order valence-electron chi connectivity index (χ2n) is 5.71. The second kappa shape index (κ2) is 5.72. The van der Waals surface area contributed by atoms with Crippen molar-refractivity contribution in [1.82, 2.24) is 10.2 Å². The van der Waals surface area contributed by atoms with Gasteiger partial charge < -0.3 is 10.2 Å². The van der Waals surface area contributed by atoms with E-state index >= 15 is 0 Å². The fraction of sp³-hybridized carbons (Fsp3) is 1.00. The smallest absolute Gasteiger partial charge is 0.00445 e. The highest BCUT2D eigenvalue weighted by Crippen LogP contribution is 2.16. The maximum Gasteiger partial charge on any atom is 0.00445 e. The summed E-state index contributed by atoms with van der Waals surface area (Å²) in [4.78, 5) is 2.40. The predicted octanol–water partition coefficient (Wildman–Crippen LogP) is 2.35. The van der Waals surface area contributed by atoms with Crippen LogP contribution in [-0.2, 0) is 0 Å². The van der Waals surface area contributed by atoms with E-state index < -0.39 is 0 Å². The quantitative estimate of drug-likeness (QED) is 0.708. The summed E-state index contributed by atoms with van der Waals surface area (Å²) < 4.78 is 0. The molecule has 0 unspecified atom stereocenters. The Morgan fingerprint density at radius 2 is 1.64 bits per heavy atom. The first-order valence-electron chi connectivity index (χ1n) is 5.68. The van der Waals surface area contributed by atoms with Gasteiger partial charge in [-0.25, -0.2) is 0 Å². The van der Waals surface area contributed by atoms with Crippen LogP contribution in [0.1, 0.15) is 41.5 Å². The van der Waals surface area contributed by atoms with Gasteiger partial charge in [-0.2, -0.15) is 0 Å². The molecule has 0 aliphatic rings. The summed E-state index contributed by atoms with van der Waals surface area (Å²) in [5.41, 5.74) is 0.350. The number of hydrogen-bond donors (Lipinski definition) is 1. The van der Waals surface area contributed by atoms with Crippen LogP contribution in [0.2, 0.25) is 0 Å². The predicted molar refractivity (Wildman–Crippen MR) is 64.7 cm³/mol. The molecule has 1 N–H and O–H groups in total. The molecule has 0 bridgehead atoms. The van der Waals surface area contributed by atoms with Gasteiger partial charge in [-0.3, -0.25) is 0 Å². The first-order valence-corrected chi connectivity index (χ1v) is 5.68. The van der Waals surface area contributed by atoms with Gasteiger partial charge in [0, 0.05) is 25.2 Å². The first kappa shape index (κ1) is 13.9. The van der Waals surface area contributed by atoms with Gasteiger partial charge >= 0.3 is 0 Å². The van der Waals surface area contributed by atoms with E-state index in [4.69, 9.17) is 0 Å². The summed E-state index contributed by atoms with van der Waals surface area (Å²) in [5, 5.41) is 3.50. The second-order valence-corrected chi connectivity index (χ2v) is 5.71. The zero-order valence-corrected chi connectivity index (χ0v) is 11.0. The Morgan fingerprint density at radius 3 is 2.00 bits per heavy atom. The largest absolute Gasteiger partial charge is 0.314 e. The molecule has 2 nitrogen and oxygen atoms in total. The highest BCUT2D eigenvalue weighted by atomic mass is 15.1. The summed E-state index contributed by atoms with van der Waals surface area (Å²) in [7, 11) is 2.20. The van der Waals surface area contributed by atoms with Crippen LogP contribution < -0.4 is 5.32 Å². The average molecular weight is 200 g/mol.